The number of pyridine rings is 1. The Morgan fingerprint density at radius 1 is 1.15 bits per heavy atom. The summed E-state index contributed by atoms with van der Waals surface area (Å²) >= 11 is 0. The van der Waals surface area contributed by atoms with Crippen LogP contribution in [0.1, 0.15) is 31.2 Å². The van der Waals surface area contributed by atoms with Gasteiger partial charge in [-0.2, -0.15) is 0 Å². The second-order valence-corrected chi connectivity index (χ2v) is 6.77. The second-order valence-electron chi connectivity index (χ2n) is 6.77. The third-order valence-electron chi connectivity index (χ3n) is 4.78. The number of rotatable bonds is 6. The van der Waals surface area contributed by atoms with Gasteiger partial charge >= 0.3 is 0 Å². The fourth-order valence-electron chi connectivity index (χ4n) is 3.33. The van der Waals surface area contributed by atoms with E-state index in [1.54, 1.807) is 12.5 Å². The first-order valence-electron chi connectivity index (χ1n) is 9.37. The van der Waals surface area contributed by atoms with Gasteiger partial charge in [0, 0.05) is 44.4 Å². The van der Waals surface area contributed by atoms with Gasteiger partial charge in [-0.1, -0.05) is 0 Å². The van der Waals surface area contributed by atoms with E-state index in [2.05, 4.69) is 25.2 Å². The standard InChI is InChI=1S/C19H25N5O2/c1-2-7-24(8-3-1)18-11-17(22-14-23-18)21-12-15-4-6-20-19(10-15)26-16-5-9-25-13-16/h4,6,10-11,14,16H,1-3,5,7-9,12-13H2,(H,21,22,23). The number of nitrogens with zero attached hydrogens (tertiary/aromatic N) is 4. The molecule has 4 heterocycles. The minimum atomic E-state index is 0.111. The molecule has 2 aliphatic rings. The van der Waals surface area contributed by atoms with Gasteiger partial charge in [-0.25, -0.2) is 15.0 Å². The Hall–Kier alpha value is -2.41. The van der Waals surface area contributed by atoms with E-state index in [-0.39, 0.29) is 6.10 Å². The van der Waals surface area contributed by atoms with Crippen LogP contribution in [0.2, 0.25) is 0 Å². The third-order valence-corrected chi connectivity index (χ3v) is 4.78. The molecule has 0 spiro atoms. The molecule has 7 heteroatoms. The van der Waals surface area contributed by atoms with Crippen molar-refractivity contribution in [2.75, 3.05) is 36.5 Å². The lowest BCUT2D eigenvalue weighted by Crippen LogP contribution is -2.30. The molecular formula is C19H25N5O2. The lowest BCUT2D eigenvalue weighted by molar-refractivity contribution is 0.138. The van der Waals surface area contributed by atoms with E-state index in [0.717, 1.165) is 43.3 Å². The molecule has 0 aromatic carbocycles. The first-order valence-corrected chi connectivity index (χ1v) is 9.37. The Labute approximate surface area is 153 Å². The molecule has 2 fully saturated rings. The molecule has 0 bridgehead atoms. The SMILES string of the molecule is c1cc(CNc2cc(N3CCCCC3)ncn2)cc(OC2CCOC2)n1. The maximum absolute atomic E-state index is 5.87. The summed E-state index contributed by atoms with van der Waals surface area (Å²) in [6.45, 7) is 4.22. The summed E-state index contributed by atoms with van der Waals surface area (Å²) in [5.74, 6) is 2.49. The van der Waals surface area contributed by atoms with E-state index in [1.807, 2.05) is 18.2 Å². The highest BCUT2D eigenvalue weighted by atomic mass is 16.5. The number of hydrogen-bond acceptors (Lipinski definition) is 7. The molecule has 26 heavy (non-hydrogen) atoms. The van der Waals surface area contributed by atoms with E-state index in [4.69, 9.17) is 9.47 Å². The van der Waals surface area contributed by atoms with Crippen LogP contribution in [0, 0.1) is 0 Å². The van der Waals surface area contributed by atoms with Gasteiger partial charge in [0.25, 0.3) is 0 Å². The van der Waals surface area contributed by atoms with E-state index in [1.165, 1.54) is 19.3 Å². The summed E-state index contributed by atoms with van der Waals surface area (Å²) in [4.78, 5) is 15.4. The van der Waals surface area contributed by atoms with Crippen LogP contribution in [0.3, 0.4) is 0 Å². The van der Waals surface area contributed by atoms with Crippen molar-refractivity contribution in [2.24, 2.45) is 0 Å². The normalized spacial score (nSPS) is 20.2. The van der Waals surface area contributed by atoms with E-state index >= 15 is 0 Å². The maximum Gasteiger partial charge on any atom is 0.213 e. The predicted molar refractivity (Wildman–Crippen MR) is 99.5 cm³/mol. The molecule has 0 saturated carbocycles. The van der Waals surface area contributed by atoms with Crippen molar-refractivity contribution in [3.8, 4) is 5.88 Å². The molecule has 7 nitrogen and oxygen atoms in total. The lowest BCUT2D eigenvalue weighted by atomic mass is 10.1. The van der Waals surface area contributed by atoms with Crippen LogP contribution in [-0.4, -0.2) is 47.4 Å². The molecule has 1 atom stereocenters. The zero-order valence-electron chi connectivity index (χ0n) is 14.9. The van der Waals surface area contributed by atoms with Crippen LogP contribution >= 0.6 is 0 Å². The first-order chi connectivity index (χ1) is 12.9. The Morgan fingerprint density at radius 3 is 2.92 bits per heavy atom. The molecule has 0 radical (unpaired) electrons. The van der Waals surface area contributed by atoms with Crippen molar-refractivity contribution < 1.29 is 9.47 Å². The summed E-state index contributed by atoms with van der Waals surface area (Å²) in [5.41, 5.74) is 1.10. The molecule has 2 aliphatic heterocycles. The largest absolute Gasteiger partial charge is 0.472 e. The first kappa shape index (κ1) is 17.0. The summed E-state index contributed by atoms with van der Waals surface area (Å²) < 4.78 is 11.2. The second kappa shape index (κ2) is 8.31. The zero-order chi connectivity index (χ0) is 17.6. The van der Waals surface area contributed by atoms with Crippen LogP contribution in [0.4, 0.5) is 11.6 Å². The highest BCUT2D eigenvalue weighted by molar-refractivity contribution is 5.49. The number of hydrogen-bond donors (Lipinski definition) is 1. The summed E-state index contributed by atoms with van der Waals surface area (Å²) in [6.07, 6.45) is 8.22. The molecule has 0 amide bonds. The Morgan fingerprint density at radius 2 is 2.08 bits per heavy atom. The molecule has 4 rings (SSSR count). The van der Waals surface area contributed by atoms with Crippen LogP contribution < -0.4 is 15.0 Å². The predicted octanol–water partition coefficient (Wildman–Crippen LogP) is 2.64. The van der Waals surface area contributed by atoms with Gasteiger partial charge in [0.05, 0.1) is 13.2 Å². The fraction of sp³-hybridized carbons (Fsp3) is 0.526. The van der Waals surface area contributed by atoms with Crippen molar-refractivity contribution >= 4 is 11.6 Å². The molecular weight excluding hydrogens is 330 g/mol. The highest BCUT2D eigenvalue weighted by Gasteiger charge is 2.17. The summed E-state index contributed by atoms with van der Waals surface area (Å²) in [5, 5.41) is 3.38. The smallest absolute Gasteiger partial charge is 0.213 e. The topological polar surface area (TPSA) is 72.4 Å². The van der Waals surface area contributed by atoms with Gasteiger partial charge in [-0.3, -0.25) is 0 Å². The van der Waals surface area contributed by atoms with Crippen LogP contribution in [0.25, 0.3) is 0 Å². The molecule has 0 aliphatic carbocycles. The summed E-state index contributed by atoms with van der Waals surface area (Å²) in [7, 11) is 0. The van der Waals surface area contributed by atoms with Gasteiger partial charge in [-0.05, 0) is 30.9 Å². The van der Waals surface area contributed by atoms with Crippen molar-refractivity contribution in [2.45, 2.75) is 38.3 Å². The molecule has 1 unspecified atom stereocenters. The van der Waals surface area contributed by atoms with Crippen LogP contribution in [0.15, 0.2) is 30.7 Å². The zero-order valence-corrected chi connectivity index (χ0v) is 14.9. The van der Waals surface area contributed by atoms with Gasteiger partial charge in [0.15, 0.2) is 0 Å². The average Bonchev–Trinajstić information content (AvgIpc) is 3.21. The van der Waals surface area contributed by atoms with Gasteiger partial charge in [0.1, 0.15) is 24.1 Å². The number of aromatic nitrogens is 3. The number of nitrogens with one attached hydrogen (secondary N) is 1. The van der Waals surface area contributed by atoms with Crippen LogP contribution in [-0.2, 0) is 11.3 Å². The molecule has 1 N–H and O–H groups in total. The van der Waals surface area contributed by atoms with E-state index in [9.17, 15) is 0 Å². The molecule has 2 saturated heterocycles. The van der Waals surface area contributed by atoms with E-state index in [0.29, 0.717) is 19.0 Å². The van der Waals surface area contributed by atoms with Gasteiger partial charge in [0.2, 0.25) is 5.88 Å². The van der Waals surface area contributed by atoms with Gasteiger partial charge < -0.3 is 19.7 Å². The molecule has 138 valence electrons. The maximum atomic E-state index is 5.87. The van der Waals surface area contributed by atoms with Gasteiger partial charge in [-0.15, -0.1) is 0 Å². The van der Waals surface area contributed by atoms with Crippen molar-refractivity contribution in [3.05, 3.63) is 36.3 Å². The van der Waals surface area contributed by atoms with Crippen LogP contribution in [0.5, 0.6) is 5.88 Å². The third kappa shape index (κ3) is 4.40. The van der Waals surface area contributed by atoms with Crippen molar-refractivity contribution in [1.29, 1.82) is 0 Å². The van der Waals surface area contributed by atoms with Crippen molar-refractivity contribution in [1.82, 2.24) is 15.0 Å². The Balaban J connectivity index is 1.36. The summed E-state index contributed by atoms with van der Waals surface area (Å²) in [6, 6.07) is 5.98. The number of piperidine rings is 1. The Kier molecular flexibility index (Phi) is 5.44. The Bertz CT molecular complexity index is 715. The minimum Gasteiger partial charge on any atom is -0.472 e. The number of ether oxygens (including phenoxy) is 2. The molecule has 2 aromatic rings. The highest BCUT2D eigenvalue weighted by Crippen LogP contribution is 2.20. The average molecular weight is 355 g/mol. The quantitative estimate of drug-likeness (QED) is 0.854. The lowest BCUT2D eigenvalue weighted by Gasteiger charge is -2.27. The number of anilines is 2. The minimum absolute atomic E-state index is 0.111. The monoisotopic (exact) mass is 355 g/mol. The van der Waals surface area contributed by atoms with E-state index < -0.39 is 0 Å². The van der Waals surface area contributed by atoms with Crippen molar-refractivity contribution in [3.63, 3.8) is 0 Å². The fourth-order valence-corrected chi connectivity index (χ4v) is 3.33. The molecule has 2 aromatic heterocycles.